The average molecular weight is 845 g/mol. The van der Waals surface area contributed by atoms with Crippen LogP contribution < -0.4 is 0 Å². The molecule has 2 aliphatic heterocycles. The number of fused-ring (bicyclic) bond motifs is 2. The summed E-state index contributed by atoms with van der Waals surface area (Å²) in [6.07, 6.45) is -0.0579. The molecular weight excluding hydrogens is 814 g/mol. The molecular formula is C42H30F10N4O4. The number of amides is 2. The molecule has 2 aliphatic rings. The maximum absolute atomic E-state index is 14.2. The summed E-state index contributed by atoms with van der Waals surface area (Å²) in [5, 5.41) is 7.89. The molecule has 4 aromatic carbocycles. The Morgan fingerprint density at radius 2 is 0.900 bits per heavy atom. The van der Waals surface area contributed by atoms with Gasteiger partial charge in [-0.15, -0.1) is 0 Å². The van der Waals surface area contributed by atoms with E-state index in [9.17, 15) is 53.5 Å². The van der Waals surface area contributed by atoms with E-state index < -0.39 is 70.0 Å². The molecule has 2 aromatic heterocycles. The van der Waals surface area contributed by atoms with E-state index in [-0.39, 0.29) is 71.8 Å². The van der Waals surface area contributed by atoms with Crippen LogP contribution in [0.5, 0.6) is 0 Å². The summed E-state index contributed by atoms with van der Waals surface area (Å²) in [4.78, 5) is 28.5. The topological polar surface area (TPSA) is 92.7 Å². The first kappa shape index (κ1) is 41.7. The van der Waals surface area contributed by atoms with E-state index in [1.807, 2.05) is 0 Å². The fraction of sp³-hybridized carbons (Fsp3) is 0.238. The quantitative estimate of drug-likeness (QED) is 0.123. The van der Waals surface area contributed by atoms with Crippen LogP contribution in [-0.2, 0) is 48.4 Å². The lowest BCUT2D eigenvalue weighted by Crippen LogP contribution is -2.43. The number of aromatic nitrogens is 2. The number of benzene rings is 4. The number of carbonyl (C=O) groups excluding carboxylic acids is 2. The molecule has 18 heteroatoms. The first-order chi connectivity index (χ1) is 28.5. The van der Waals surface area contributed by atoms with Crippen LogP contribution in [0.1, 0.15) is 47.5 Å². The molecule has 0 unspecified atom stereocenters. The van der Waals surface area contributed by atoms with E-state index in [0.717, 1.165) is 48.5 Å². The lowest BCUT2D eigenvalue weighted by Gasteiger charge is -2.33. The van der Waals surface area contributed by atoms with Gasteiger partial charge in [0.1, 0.15) is 23.3 Å². The number of hydrogen-bond donors (Lipinski definition) is 0. The van der Waals surface area contributed by atoms with Gasteiger partial charge in [-0.1, -0.05) is 10.3 Å². The summed E-state index contributed by atoms with van der Waals surface area (Å²) in [6.45, 7) is 3.58. The third-order valence-electron chi connectivity index (χ3n) is 10.2. The minimum absolute atomic E-state index is 0.00905. The number of rotatable bonds is 6. The van der Waals surface area contributed by atoms with Gasteiger partial charge in [-0.25, -0.2) is 43.9 Å². The molecule has 0 aliphatic carbocycles. The first-order valence-electron chi connectivity index (χ1n) is 18.2. The summed E-state index contributed by atoms with van der Waals surface area (Å²) < 4.78 is 145. The SMILES string of the molecule is C[C@@H]1Cc2noc(-c3ccc(F)cc3F)c2CN1C(=O)Cc1cc(F)c(F)c(F)c1.C[C@H]1Cc2noc(-c3ccc(F)cc3F)c2CN1C(=O)Cc1cc(F)c(F)c(F)c1. The second-order valence-corrected chi connectivity index (χ2v) is 14.4. The van der Waals surface area contributed by atoms with Gasteiger partial charge in [0.05, 0.1) is 48.4 Å². The van der Waals surface area contributed by atoms with Crippen LogP contribution in [0.4, 0.5) is 43.9 Å². The largest absolute Gasteiger partial charge is 0.356 e. The summed E-state index contributed by atoms with van der Waals surface area (Å²) >= 11 is 0. The van der Waals surface area contributed by atoms with E-state index in [1.165, 1.54) is 21.9 Å². The summed E-state index contributed by atoms with van der Waals surface area (Å²) in [7, 11) is 0. The highest BCUT2D eigenvalue weighted by Crippen LogP contribution is 2.36. The molecule has 0 bridgehead atoms. The molecule has 6 aromatic rings. The molecule has 0 saturated carbocycles. The lowest BCUT2D eigenvalue weighted by molar-refractivity contribution is -0.134. The van der Waals surface area contributed by atoms with E-state index in [4.69, 9.17) is 9.05 Å². The summed E-state index contributed by atoms with van der Waals surface area (Å²) in [5.74, 6) is -12.6. The molecule has 0 spiro atoms. The second-order valence-electron chi connectivity index (χ2n) is 14.4. The summed E-state index contributed by atoms with van der Waals surface area (Å²) in [6, 6.07) is 8.52. The van der Waals surface area contributed by atoms with Gasteiger partial charge in [0, 0.05) is 48.2 Å². The highest BCUT2D eigenvalue weighted by molar-refractivity contribution is 5.81. The van der Waals surface area contributed by atoms with Crippen molar-refractivity contribution < 1.29 is 62.5 Å². The van der Waals surface area contributed by atoms with Gasteiger partial charge in [0.2, 0.25) is 11.8 Å². The molecule has 4 heterocycles. The third kappa shape index (κ3) is 8.35. The Labute approximate surface area is 334 Å². The zero-order valence-corrected chi connectivity index (χ0v) is 31.4. The first-order valence-corrected chi connectivity index (χ1v) is 18.2. The van der Waals surface area contributed by atoms with Crippen LogP contribution >= 0.6 is 0 Å². The minimum atomic E-state index is -1.60. The van der Waals surface area contributed by atoms with E-state index in [2.05, 4.69) is 10.3 Å². The predicted molar refractivity (Wildman–Crippen MR) is 191 cm³/mol. The van der Waals surface area contributed by atoms with Crippen molar-refractivity contribution in [1.82, 2.24) is 20.1 Å². The van der Waals surface area contributed by atoms with Crippen LogP contribution in [0, 0.1) is 58.2 Å². The molecule has 0 N–H and O–H groups in total. The van der Waals surface area contributed by atoms with Gasteiger partial charge in [0.15, 0.2) is 46.4 Å². The van der Waals surface area contributed by atoms with E-state index in [0.29, 0.717) is 35.4 Å². The van der Waals surface area contributed by atoms with Gasteiger partial charge in [-0.2, -0.15) is 0 Å². The fourth-order valence-corrected chi connectivity index (χ4v) is 7.17. The standard InChI is InChI=1S/2C21H15F5N2O2/c2*1-10-4-18-14(21(30-27-18)13-3-2-12(22)8-15(13)23)9-28(10)19(29)7-11-5-16(24)20(26)17(25)6-11/h2*2-3,5-6,8,10H,4,7,9H2,1H3/t2*10-/m10/s1. The van der Waals surface area contributed by atoms with Gasteiger partial charge >= 0.3 is 0 Å². The molecule has 8 rings (SSSR count). The van der Waals surface area contributed by atoms with Gasteiger partial charge in [-0.3, -0.25) is 9.59 Å². The predicted octanol–water partition coefficient (Wildman–Crippen LogP) is 9.11. The van der Waals surface area contributed by atoms with Crippen molar-refractivity contribution in [3.05, 3.63) is 152 Å². The Balaban J connectivity index is 0.000000181. The molecule has 0 fully saturated rings. The van der Waals surface area contributed by atoms with Crippen molar-refractivity contribution in [1.29, 1.82) is 0 Å². The number of halogens is 10. The lowest BCUT2D eigenvalue weighted by atomic mass is 9.96. The van der Waals surface area contributed by atoms with Crippen molar-refractivity contribution in [2.24, 2.45) is 0 Å². The zero-order chi connectivity index (χ0) is 43.2. The normalized spacial score (nSPS) is 15.9. The number of carbonyl (C=O) groups is 2. The maximum Gasteiger partial charge on any atom is 0.227 e. The summed E-state index contributed by atoms with van der Waals surface area (Å²) in [5.41, 5.74) is 2.04. The number of hydrogen-bond acceptors (Lipinski definition) is 6. The second kappa shape index (κ2) is 16.7. The monoisotopic (exact) mass is 844 g/mol. The van der Waals surface area contributed by atoms with Gasteiger partial charge in [0.25, 0.3) is 0 Å². The van der Waals surface area contributed by atoms with Crippen LogP contribution in [0.15, 0.2) is 69.7 Å². The fourth-order valence-electron chi connectivity index (χ4n) is 7.17. The third-order valence-corrected chi connectivity index (χ3v) is 10.2. The maximum atomic E-state index is 14.2. The van der Waals surface area contributed by atoms with Crippen molar-refractivity contribution in [3.8, 4) is 22.6 Å². The van der Waals surface area contributed by atoms with Crippen molar-refractivity contribution in [2.45, 2.75) is 64.7 Å². The molecule has 2 amide bonds. The van der Waals surface area contributed by atoms with Crippen LogP contribution in [0.3, 0.4) is 0 Å². The molecule has 2 atom stereocenters. The highest BCUT2D eigenvalue weighted by Gasteiger charge is 2.35. The average Bonchev–Trinajstić information content (AvgIpc) is 3.78. The van der Waals surface area contributed by atoms with Crippen LogP contribution in [0.2, 0.25) is 0 Å². The smallest absolute Gasteiger partial charge is 0.227 e. The van der Waals surface area contributed by atoms with Crippen molar-refractivity contribution in [3.63, 3.8) is 0 Å². The minimum Gasteiger partial charge on any atom is -0.356 e. The van der Waals surface area contributed by atoms with Gasteiger partial charge < -0.3 is 18.8 Å². The molecule has 60 heavy (non-hydrogen) atoms. The Bertz CT molecular complexity index is 2420. The van der Waals surface area contributed by atoms with E-state index >= 15 is 0 Å². The van der Waals surface area contributed by atoms with Crippen molar-refractivity contribution in [2.75, 3.05) is 0 Å². The van der Waals surface area contributed by atoms with E-state index in [1.54, 1.807) is 13.8 Å². The Morgan fingerprint density at radius 1 is 0.550 bits per heavy atom. The Morgan fingerprint density at radius 3 is 1.23 bits per heavy atom. The Kier molecular flexibility index (Phi) is 11.6. The zero-order valence-electron chi connectivity index (χ0n) is 31.4. The Hall–Kier alpha value is -6.46. The number of nitrogens with zero attached hydrogens (tertiary/aromatic N) is 4. The molecule has 0 saturated heterocycles. The molecule has 8 nitrogen and oxygen atoms in total. The van der Waals surface area contributed by atoms with Crippen molar-refractivity contribution >= 4 is 11.8 Å². The van der Waals surface area contributed by atoms with Crippen LogP contribution in [-0.4, -0.2) is 44.0 Å². The van der Waals surface area contributed by atoms with Gasteiger partial charge in [-0.05, 0) is 73.5 Å². The highest BCUT2D eigenvalue weighted by atomic mass is 19.2. The van der Waals surface area contributed by atoms with Crippen LogP contribution in [0.25, 0.3) is 22.6 Å². The molecule has 0 radical (unpaired) electrons. The molecule has 312 valence electrons.